The van der Waals surface area contributed by atoms with E-state index in [1.54, 1.807) is 0 Å². The third-order valence-electron chi connectivity index (χ3n) is 2.83. The van der Waals surface area contributed by atoms with Crippen LogP contribution in [0.2, 0.25) is 0 Å². The first-order valence-electron chi connectivity index (χ1n) is 5.94. The van der Waals surface area contributed by atoms with E-state index < -0.39 is 0 Å². The summed E-state index contributed by atoms with van der Waals surface area (Å²) in [5.41, 5.74) is 10.1. The Morgan fingerprint density at radius 2 is 1.94 bits per heavy atom. The van der Waals surface area contributed by atoms with Gasteiger partial charge < -0.3 is 11.1 Å². The molecule has 0 saturated carbocycles. The molecule has 3 heteroatoms. The van der Waals surface area contributed by atoms with E-state index in [4.69, 9.17) is 5.73 Å². The molecule has 0 aliphatic carbocycles. The van der Waals surface area contributed by atoms with E-state index in [9.17, 15) is 0 Å². The largest absolute Gasteiger partial charge is 0.399 e. The van der Waals surface area contributed by atoms with Gasteiger partial charge in [-0.3, -0.25) is 0 Å². The van der Waals surface area contributed by atoms with Crippen molar-refractivity contribution in [3.05, 3.63) is 58.1 Å². The average Bonchev–Trinajstić information content (AvgIpc) is 2.27. The Bertz CT molecular complexity index is 532. The van der Waals surface area contributed by atoms with E-state index in [0.29, 0.717) is 0 Å². The molecule has 94 valence electrons. The second-order valence-corrected chi connectivity index (χ2v) is 5.47. The van der Waals surface area contributed by atoms with Crippen LogP contribution in [0.15, 0.2) is 46.9 Å². The lowest BCUT2D eigenvalue weighted by Gasteiger charge is -2.17. The number of halogens is 1. The van der Waals surface area contributed by atoms with Crippen molar-refractivity contribution in [2.75, 3.05) is 11.1 Å². The van der Waals surface area contributed by atoms with Gasteiger partial charge in [-0.1, -0.05) is 28.1 Å². The molecule has 0 aliphatic rings. The Balaban J connectivity index is 2.18. The molecule has 0 heterocycles. The van der Waals surface area contributed by atoms with Gasteiger partial charge in [0.1, 0.15) is 0 Å². The van der Waals surface area contributed by atoms with Gasteiger partial charge >= 0.3 is 0 Å². The van der Waals surface area contributed by atoms with Gasteiger partial charge in [0.05, 0.1) is 0 Å². The highest BCUT2D eigenvalue weighted by molar-refractivity contribution is 9.10. The minimum Gasteiger partial charge on any atom is -0.399 e. The average molecular weight is 305 g/mol. The van der Waals surface area contributed by atoms with Crippen molar-refractivity contribution < 1.29 is 0 Å². The molecule has 0 aliphatic heterocycles. The van der Waals surface area contributed by atoms with Gasteiger partial charge in [0.15, 0.2) is 0 Å². The molecule has 1 unspecified atom stereocenters. The van der Waals surface area contributed by atoms with Crippen LogP contribution < -0.4 is 11.1 Å². The van der Waals surface area contributed by atoms with Crippen LogP contribution in [-0.4, -0.2) is 0 Å². The van der Waals surface area contributed by atoms with Crippen molar-refractivity contribution in [2.45, 2.75) is 19.9 Å². The molecule has 2 aromatic carbocycles. The maximum Gasteiger partial charge on any atom is 0.0486 e. The molecule has 2 rings (SSSR count). The number of nitrogen functional groups attached to an aromatic ring is 1. The Labute approximate surface area is 116 Å². The summed E-state index contributed by atoms with van der Waals surface area (Å²) in [6, 6.07) is 14.6. The molecule has 3 N–H and O–H groups in total. The van der Waals surface area contributed by atoms with Crippen molar-refractivity contribution in [1.82, 2.24) is 0 Å². The first kappa shape index (κ1) is 13.0. The van der Waals surface area contributed by atoms with Crippen molar-refractivity contribution in [2.24, 2.45) is 0 Å². The molecule has 0 radical (unpaired) electrons. The molecule has 2 aromatic rings. The van der Waals surface area contributed by atoms with E-state index in [2.05, 4.69) is 46.4 Å². The molecule has 0 bridgehead atoms. The molecule has 1 atom stereocenters. The van der Waals surface area contributed by atoms with E-state index >= 15 is 0 Å². The van der Waals surface area contributed by atoms with Crippen molar-refractivity contribution in [1.29, 1.82) is 0 Å². The van der Waals surface area contributed by atoms with Crippen LogP contribution in [0.4, 0.5) is 11.4 Å². The van der Waals surface area contributed by atoms with Gasteiger partial charge in [-0.05, 0) is 55.3 Å². The lowest BCUT2D eigenvalue weighted by molar-refractivity contribution is 0.883. The fourth-order valence-corrected chi connectivity index (χ4v) is 2.42. The fourth-order valence-electron chi connectivity index (χ4n) is 2.01. The monoisotopic (exact) mass is 304 g/mol. The quantitative estimate of drug-likeness (QED) is 0.819. The molecule has 0 aromatic heterocycles. The summed E-state index contributed by atoms with van der Waals surface area (Å²) in [6.45, 7) is 4.19. The first-order chi connectivity index (χ1) is 8.54. The highest BCUT2D eigenvalue weighted by Gasteiger charge is 2.06. The van der Waals surface area contributed by atoms with Crippen LogP contribution in [0.5, 0.6) is 0 Å². The summed E-state index contributed by atoms with van der Waals surface area (Å²) in [5, 5.41) is 3.47. The summed E-state index contributed by atoms with van der Waals surface area (Å²) in [6.07, 6.45) is 0. The highest BCUT2D eigenvalue weighted by atomic mass is 79.9. The Hall–Kier alpha value is -1.48. The van der Waals surface area contributed by atoms with Gasteiger partial charge in [-0.25, -0.2) is 0 Å². The Morgan fingerprint density at radius 1 is 1.17 bits per heavy atom. The number of nitrogens with one attached hydrogen (secondary N) is 1. The lowest BCUT2D eigenvalue weighted by Crippen LogP contribution is -2.07. The second-order valence-electron chi connectivity index (χ2n) is 4.55. The topological polar surface area (TPSA) is 38.0 Å². The standard InChI is InChI=1S/C15H17BrN2/c1-10-6-14(17)9-15(7-10)18-11(2)12-4-3-5-13(16)8-12/h3-9,11,18H,17H2,1-2H3. The Kier molecular flexibility index (Phi) is 3.92. The zero-order valence-corrected chi connectivity index (χ0v) is 12.2. The summed E-state index contributed by atoms with van der Waals surface area (Å²) in [4.78, 5) is 0. The van der Waals surface area contributed by atoms with Crippen LogP contribution in [0, 0.1) is 6.92 Å². The van der Waals surface area contributed by atoms with E-state index in [0.717, 1.165) is 15.8 Å². The SMILES string of the molecule is Cc1cc(N)cc(NC(C)c2cccc(Br)c2)c1. The van der Waals surface area contributed by atoms with Gasteiger partial charge in [-0.2, -0.15) is 0 Å². The number of anilines is 2. The number of nitrogens with two attached hydrogens (primary N) is 1. The zero-order valence-electron chi connectivity index (χ0n) is 10.6. The number of hydrogen-bond acceptors (Lipinski definition) is 2. The summed E-state index contributed by atoms with van der Waals surface area (Å²) < 4.78 is 1.09. The maximum absolute atomic E-state index is 5.85. The van der Waals surface area contributed by atoms with Crippen molar-refractivity contribution in [3.8, 4) is 0 Å². The normalized spacial score (nSPS) is 12.2. The number of hydrogen-bond donors (Lipinski definition) is 2. The van der Waals surface area contributed by atoms with Gasteiger partial charge in [0.2, 0.25) is 0 Å². The van der Waals surface area contributed by atoms with Gasteiger partial charge in [0, 0.05) is 21.9 Å². The molecular weight excluding hydrogens is 288 g/mol. The van der Waals surface area contributed by atoms with Crippen LogP contribution in [0.1, 0.15) is 24.1 Å². The minimum atomic E-state index is 0.240. The van der Waals surface area contributed by atoms with Crippen LogP contribution >= 0.6 is 15.9 Å². The fraction of sp³-hybridized carbons (Fsp3) is 0.200. The molecule has 0 saturated heterocycles. The van der Waals surface area contributed by atoms with Crippen molar-refractivity contribution >= 4 is 27.3 Å². The summed E-state index contributed by atoms with van der Waals surface area (Å²) in [7, 11) is 0. The minimum absolute atomic E-state index is 0.240. The van der Waals surface area contributed by atoms with Crippen LogP contribution in [-0.2, 0) is 0 Å². The van der Waals surface area contributed by atoms with Crippen LogP contribution in [0.25, 0.3) is 0 Å². The molecule has 0 spiro atoms. The lowest BCUT2D eigenvalue weighted by atomic mass is 10.1. The summed E-state index contributed by atoms with van der Waals surface area (Å²) >= 11 is 3.49. The number of aryl methyl sites for hydroxylation is 1. The highest BCUT2D eigenvalue weighted by Crippen LogP contribution is 2.24. The van der Waals surface area contributed by atoms with Gasteiger partial charge in [0.25, 0.3) is 0 Å². The molecular formula is C15H17BrN2. The molecule has 0 amide bonds. The predicted molar refractivity (Wildman–Crippen MR) is 81.8 cm³/mol. The van der Waals surface area contributed by atoms with Crippen LogP contribution in [0.3, 0.4) is 0 Å². The van der Waals surface area contributed by atoms with Crippen molar-refractivity contribution in [3.63, 3.8) is 0 Å². The second kappa shape index (κ2) is 5.44. The summed E-state index contributed by atoms with van der Waals surface area (Å²) in [5.74, 6) is 0. The third-order valence-corrected chi connectivity index (χ3v) is 3.32. The van der Waals surface area contributed by atoms with E-state index in [1.165, 1.54) is 11.1 Å². The van der Waals surface area contributed by atoms with Gasteiger partial charge in [-0.15, -0.1) is 0 Å². The number of rotatable bonds is 3. The maximum atomic E-state index is 5.85. The number of benzene rings is 2. The molecule has 0 fully saturated rings. The van der Waals surface area contributed by atoms with E-state index in [-0.39, 0.29) is 6.04 Å². The molecule has 2 nitrogen and oxygen atoms in total. The first-order valence-corrected chi connectivity index (χ1v) is 6.73. The third kappa shape index (κ3) is 3.26. The smallest absolute Gasteiger partial charge is 0.0486 e. The Morgan fingerprint density at radius 3 is 2.61 bits per heavy atom. The predicted octanol–water partition coefficient (Wildman–Crippen LogP) is 4.51. The zero-order chi connectivity index (χ0) is 13.1. The molecule has 18 heavy (non-hydrogen) atoms. The van der Waals surface area contributed by atoms with E-state index in [1.807, 2.05) is 31.2 Å².